The molecule has 2 atom stereocenters. The molecular weight excluding hydrogens is 347 g/mol. The van der Waals surface area contributed by atoms with E-state index in [2.05, 4.69) is 75.4 Å². The lowest BCUT2D eigenvalue weighted by Gasteiger charge is -2.31. The summed E-state index contributed by atoms with van der Waals surface area (Å²) < 4.78 is 6.64. The first kappa shape index (κ1) is 19.2. The Morgan fingerprint density at radius 3 is 2.42 bits per heavy atom. The summed E-state index contributed by atoms with van der Waals surface area (Å²) in [5.74, 6) is 1.35. The number of ether oxygens (including phenoxy) is 1. The number of hydrogen-bond donors (Lipinski definition) is 0. The molecule has 2 unspecified atom stereocenters. The Bertz CT molecular complexity index is 292. The van der Waals surface area contributed by atoms with E-state index in [0.717, 1.165) is 10.3 Å². The van der Waals surface area contributed by atoms with Crippen LogP contribution >= 0.6 is 22.6 Å². The summed E-state index contributed by atoms with van der Waals surface area (Å²) in [6, 6.07) is 0. The second-order valence-electron chi connectivity index (χ2n) is 6.13. The molecule has 0 aromatic rings. The predicted octanol–water partition coefficient (Wildman–Crippen LogP) is 5.79. The lowest BCUT2D eigenvalue weighted by Crippen LogP contribution is -2.31. The minimum absolute atomic E-state index is 0.00479. The van der Waals surface area contributed by atoms with Gasteiger partial charge in [-0.3, -0.25) is 0 Å². The molecule has 0 aromatic heterocycles. The first-order chi connectivity index (χ1) is 8.83. The molecule has 0 aliphatic heterocycles. The minimum Gasteiger partial charge on any atom is -0.379 e. The van der Waals surface area contributed by atoms with Crippen molar-refractivity contribution >= 4 is 22.6 Å². The maximum absolute atomic E-state index is 5.55. The van der Waals surface area contributed by atoms with E-state index in [9.17, 15) is 0 Å². The van der Waals surface area contributed by atoms with E-state index in [1.165, 1.54) is 24.8 Å². The van der Waals surface area contributed by atoms with E-state index in [1.54, 1.807) is 0 Å². The summed E-state index contributed by atoms with van der Waals surface area (Å²) >= 11 is 2.38. The standard InChI is InChI=1S/C17H31IO/c1-14(8-7-9-15(2)12-13-18)10-11-16(3)17(4,5)19-6/h7,9,12,14,16H,8,10-11,13H2,1-6H3/b9-7+,15-12+. The van der Waals surface area contributed by atoms with Gasteiger partial charge in [-0.1, -0.05) is 66.7 Å². The van der Waals surface area contributed by atoms with E-state index < -0.39 is 0 Å². The zero-order chi connectivity index (χ0) is 14.9. The average molecular weight is 378 g/mol. The van der Waals surface area contributed by atoms with Gasteiger partial charge in [-0.15, -0.1) is 0 Å². The highest BCUT2D eigenvalue weighted by Gasteiger charge is 2.24. The van der Waals surface area contributed by atoms with Gasteiger partial charge in [-0.2, -0.15) is 0 Å². The van der Waals surface area contributed by atoms with Crippen molar-refractivity contribution in [3.63, 3.8) is 0 Å². The van der Waals surface area contributed by atoms with Gasteiger partial charge in [0.15, 0.2) is 0 Å². The van der Waals surface area contributed by atoms with Crippen LogP contribution in [0.25, 0.3) is 0 Å². The van der Waals surface area contributed by atoms with Crippen molar-refractivity contribution in [3.8, 4) is 0 Å². The Labute approximate surface area is 134 Å². The second kappa shape index (κ2) is 9.98. The SMILES string of the molecule is COC(C)(C)C(C)CCC(C)C/C=C/C(C)=C/CI. The van der Waals surface area contributed by atoms with Crippen LogP contribution in [-0.4, -0.2) is 17.1 Å². The molecule has 0 saturated heterocycles. The molecule has 0 N–H and O–H groups in total. The number of alkyl halides is 1. The van der Waals surface area contributed by atoms with Crippen LogP contribution in [0.5, 0.6) is 0 Å². The molecule has 19 heavy (non-hydrogen) atoms. The van der Waals surface area contributed by atoms with Crippen molar-refractivity contribution in [3.05, 3.63) is 23.8 Å². The molecule has 0 rings (SSSR count). The van der Waals surface area contributed by atoms with Gasteiger partial charge in [0, 0.05) is 11.5 Å². The van der Waals surface area contributed by atoms with Crippen LogP contribution in [0.15, 0.2) is 23.8 Å². The molecule has 0 spiro atoms. The highest BCUT2D eigenvalue weighted by atomic mass is 127. The van der Waals surface area contributed by atoms with Gasteiger partial charge in [0.25, 0.3) is 0 Å². The Hall–Kier alpha value is 0.170. The molecule has 0 bridgehead atoms. The third-order valence-electron chi connectivity index (χ3n) is 4.12. The summed E-state index contributed by atoms with van der Waals surface area (Å²) in [4.78, 5) is 0. The van der Waals surface area contributed by atoms with Crippen molar-refractivity contribution in [1.82, 2.24) is 0 Å². The molecule has 0 amide bonds. The monoisotopic (exact) mass is 378 g/mol. The molecular formula is C17H31IO. The molecule has 0 aromatic carbocycles. The van der Waals surface area contributed by atoms with Crippen molar-refractivity contribution in [2.75, 3.05) is 11.5 Å². The molecule has 0 aliphatic carbocycles. The predicted molar refractivity (Wildman–Crippen MR) is 95.1 cm³/mol. The topological polar surface area (TPSA) is 9.23 Å². The maximum Gasteiger partial charge on any atom is 0.0648 e. The van der Waals surface area contributed by atoms with Crippen LogP contribution in [0, 0.1) is 11.8 Å². The molecule has 2 heteroatoms. The van der Waals surface area contributed by atoms with E-state index in [0.29, 0.717) is 5.92 Å². The van der Waals surface area contributed by atoms with Gasteiger partial charge in [0.1, 0.15) is 0 Å². The highest BCUT2D eigenvalue weighted by molar-refractivity contribution is 14.1. The van der Waals surface area contributed by atoms with Crippen LogP contribution < -0.4 is 0 Å². The van der Waals surface area contributed by atoms with Crippen LogP contribution in [0.3, 0.4) is 0 Å². The maximum atomic E-state index is 5.55. The van der Waals surface area contributed by atoms with Crippen LogP contribution in [0.2, 0.25) is 0 Å². The van der Waals surface area contributed by atoms with Crippen LogP contribution in [-0.2, 0) is 4.74 Å². The first-order valence-corrected chi connectivity index (χ1v) is 8.80. The van der Waals surface area contributed by atoms with E-state index in [1.807, 2.05) is 7.11 Å². The van der Waals surface area contributed by atoms with Gasteiger partial charge < -0.3 is 4.74 Å². The van der Waals surface area contributed by atoms with Gasteiger partial charge >= 0.3 is 0 Å². The normalized spacial score (nSPS) is 16.9. The number of methoxy groups -OCH3 is 1. The number of allylic oxidation sites excluding steroid dienone is 4. The second-order valence-corrected chi connectivity index (χ2v) is 7.01. The summed E-state index contributed by atoms with van der Waals surface area (Å²) in [5, 5.41) is 0. The van der Waals surface area contributed by atoms with Crippen molar-refractivity contribution in [2.45, 2.75) is 59.5 Å². The van der Waals surface area contributed by atoms with Gasteiger partial charge in [0.05, 0.1) is 5.60 Å². The summed E-state index contributed by atoms with van der Waals surface area (Å²) in [6.45, 7) is 11.2. The molecule has 0 fully saturated rings. The smallest absolute Gasteiger partial charge is 0.0648 e. The van der Waals surface area contributed by atoms with E-state index in [4.69, 9.17) is 4.74 Å². The number of halogens is 1. The molecule has 0 radical (unpaired) electrons. The average Bonchev–Trinajstić information content (AvgIpc) is 2.36. The fourth-order valence-corrected chi connectivity index (χ4v) is 2.57. The van der Waals surface area contributed by atoms with Crippen LogP contribution in [0.1, 0.15) is 53.9 Å². The Balaban J connectivity index is 4.00. The minimum atomic E-state index is -0.00479. The number of rotatable bonds is 9. The lowest BCUT2D eigenvalue weighted by atomic mass is 9.85. The Morgan fingerprint density at radius 2 is 1.89 bits per heavy atom. The zero-order valence-electron chi connectivity index (χ0n) is 13.5. The third kappa shape index (κ3) is 8.85. The van der Waals surface area contributed by atoms with Gasteiger partial charge in [0.2, 0.25) is 0 Å². The van der Waals surface area contributed by atoms with E-state index >= 15 is 0 Å². The zero-order valence-corrected chi connectivity index (χ0v) is 15.7. The summed E-state index contributed by atoms with van der Waals surface area (Å²) in [5.41, 5.74) is 1.37. The Kier molecular flexibility index (Phi) is 10.1. The van der Waals surface area contributed by atoms with Crippen molar-refractivity contribution < 1.29 is 4.74 Å². The van der Waals surface area contributed by atoms with E-state index in [-0.39, 0.29) is 5.60 Å². The van der Waals surface area contributed by atoms with Crippen molar-refractivity contribution in [2.24, 2.45) is 11.8 Å². The number of hydrogen-bond acceptors (Lipinski definition) is 1. The highest BCUT2D eigenvalue weighted by Crippen LogP contribution is 2.26. The fraction of sp³-hybridized carbons (Fsp3) is 0.765. The summed E-state index contributed by atoms with van der Waals surface area (Å²) in [6.07, 6.45) is 10.5. The molecule has 112 valence electrons. The van der Waals surface area contributed by atoms with Gasteiger partial charge in [-0.25, -0.2) is 0 Å². The molecule has 1 nitrogen and oxygen atoms in total. The molecule has 0 saturated carbocycles. The fourth-order valence-electron chi connectivity index (χ4n) is 1.88. The largest absolute Gasteiger partial charge is 0.379 e. The lowest BCUT2D eigenvalue weighted by molar-refractivity contribution is -0.0259. The third-order valence-corrected chi connectivity index (χ3v) is 4.56. The first-order valence-electron chi connectivity index (χ1n) is 7.27. The quantitative estimate of drug-likeness (QED) is 0.280. The molecule has 0 heterocycles. The van der Waals surface area contributed by atoms with Crippen molar-refractivity contribution in [1.29, 1.82) is 0 Å². The Morgan fingerprint density at radius 1 is 1.26 bits per heavy atom. The van der Waals surface area contributed by atoms with Crippen LogP contribution in [0.4, 0.5) is 0 Å². The molecule has 0 aliphatic rings. The van der Waals surface area contributed by atoms with Gasteiger partial charge in [-0.05, 0) is 45.4 Å². The summed E-state index contributed by atoms with van der Waals surface area (Å²) in [7, 11) is 1.81.